The molecule has 1 aliphatic heterocycles. The van der Waals surface area contributed by atoms with Crippen molar-refractivity contribution in [1.82, 2.24) is 15.2 Å². The lowest BCUT2D eigenvalue weighted by Gasteiger charge is -2.35. The molecule has 0 fully saturated rings. The molecule has 1 aliphatic rings. The van der Waals surface area contributed by atoms with E-state index >= 15 is 0 Å². The number of nitrogens with zero attached hydrogens (tertiary/aromatic N) is 2. The number of aromatic nitrogens is 1. The van der Waals surface area contributed by atoms with Crippen molar-refractivity contribution >= 4 is 17.6 Å². The molecule has 2 atom stereocenters. The van der Waals surface area contributed by atoms with Crippen molar-refractivity contribution < 1.29 is 25.5 Å². The van der Waals surface area contributed by atoms with Crippen molar-refractivity contribution in [3.63, 3.8) is 0 Å². The highest BCUT2D eigenvalue weighted by Crippen LogP contribution is 2.32. The molecule has 0 aliphatic carbocycles. The molecule has 3 rings (SSSR count). The summed E-state index contributed by atoms with van der Waals surface area (Å²) in [7, 11) is 0. The van der Waals surface area contributed by atoms with E-state index in [1.165, 1.54) is 19.9 Å². The van der Waals surface area contributed by atoms with Crippen LogP contribution in [0.3, 0.4) is 0 Å². The van der Waals surface area contributed by atoms with E-state index in [0.29, 0.717) is 22.2 Å². The van der Waals surface area contributed by atoms with E-state index in [1.807, 2.05) is 0 Å². The second-order valence-electron chi connectivity index (χ2n) is 6.04. The number of nitrogens with one attached hydrogen (secondary N) is 2. The fraction of sp³-hybridized carbons (Fsp3) is 0.278. The van der Waals surface area contributed by atoms with E-state index in [4.69, 9.17) is 2.74 Å². The van der Waals surface area contributed by atoms with Gasteiger partial charge in [0.25, 0.3) is 0 Å². The summed E-state index contributed by atoms with van der Waals surface area (Å²) in [5.41, 5.74) is 0.307. The molecule has 142 valence electrons. The van der Waals surface area contributed by atoms with Gasteiger partial charge in [-0.1, -0.05) is 0 Å². The second-order valence-corrected chi connectivity index (χ2v) is 6.04. The molecule has 1 aromatic carbocycles. The summed E-state index contributed by atoms with van der Waals surface area (Å²) in [5.74, 6) is -3.72. The van der Waals surface area contributed by atoms with E-state index in [-0.39, 0.29) is 5.69 Å². The first-order valence-corrected chi connectivity index (χ1v) is 8.04. The van der Waals surface area contributed by atoms with E-state index in [2.05, 4.69) is 15.6 Å². The van der Waals surface area contributed by atoms with Gasteiger partial charge in [-0.05, 0) is 32.0 Å². The van der Waals surface area contributed by atoms with Crippen LogP contribution in [0.1, 0.15) is 39.9 Å². The maximum Gasteiger partial charge on any atom is 0.322 e. The van der Waals surface area contributed by atoms with Gasteiger partial charge in [-0.2, -0.15) is 0 Å². The van der Waals surface area contributed by atoms with E-state index in [0.717, 1.165) is 18.3 Å². The van der Waals surface area contributed by atoms with E-state index < -0.39 is 48.0 Å². The number of benzene rings is 1. The third-order valence-corrected chi connectivity index (χ3v) is 4.13. The van der Waals surface area contributed by atoms with Crippen molar-refractivity contribution in [2.75, 3.05) is 11.8 Å². The third kappa shape index (κ3) is 3.86. The van der Waals surface area contributed by atoms with Crippen molar-refractivity contribution in [2.24, 2.45) is 0 Å². The molecule has 0 saturated carbocycles. The predicted octanol–water partition coefficient (Wildman–Crippen LogP) is 3.28. The van der Waals surface area contributed by atoms with Crippen molar-refractivity contribution in [3.05, 3.63) is 59.2 Å². The number of hydrogen-bond acceptors (Lipinski definition) is 3. The molecule has 27 heavy (non-hydrogen) atoms. The van der Waals surface area contributed by atoms with Crippen LogP contribution in [0, 0.1) is 17.5 Å². The first kappa shape index (κ1) is 16.1. The predicted molar refractivity (Wildman–Crippen MR) is 91.3 cm³/mol. The van der Waals surface area contributed by atoms with Gasteiger partial charge in [0.05, 0.1) is 26.7 Å². The maximum atomic E-state index is 13.9. The van der Waals surface area contributed by atoms with Gasteiger partial charge in [0.15, 0.2) is 0 Å². The van der Waals surface area contributed by atoms with Gasteiger partial charge in [0.1, 0.15) is 23.9 Å². The van der Waals surface area contributed by atoms with Crippen LogP contribution in [0.4, 0.5) is 23.7 Å². The Hall–Kier alpha value is -3.10. The van der Waals surface area contributed by atoms with Crippen LogP contribution in [-0.2, 0) is 4.79 Å². The lowest BCUT2D eigenvalue weighted by molar-refractivity contribution is -0.122. The Labute approximate surface area is 156 Å². The molecule has 0 saturated heterocycles. The Balaban J connectivity index is 1.85. The third-order valence-electron chi connectivity index (χ3n) is 4.13. The molecule has 0 radical (unpaired) electrons. The molecule has 9 heteroatoms. The van der Waals surface area contributed by atoms with Crippen LogP contribution in [0.5, 0.6) is 0 Å². The number of anilines is 1. The van der Waals surface area contributed by atoms with Crippen molar-refractivity contribution in [3.8, 4) is 0 Å². The lowest BCUT2D eigenvalue weighted by Crippen LogP contribution is -2.47. The molecule has 2 N–H and O–H groups in total. The minimum Gasteiger partial charge on any atom is -0.346 e. The average molecular weight is 380 g/mol. The highest BCUT2D eigenvalue weighted by atomic mass is 19.1. The molecule has 2 heterocycles. The Morgan fingerprint density at radius 1 is 1.37 bits per heavy atom. The van der Waals surface area contributed by atoms with Crippen LogP contribution >= 0.6 is 0 Å². The SMILES string of the molecule is [2H]C([2H])(C(=O)N[C@@H](C)c1ncc(F)cc1F)N1C(=O)Nc2ccc(F)cc2[C@H]1C. The fourth-order valence-electron chi connectivity index (χ4n) is 2.78. The van der Waals surface area contributed by atoms with Crippen LogP contribution < -0.4 is 10.6 Å². The summed E-state index contributed by atoms with van der Waals surface area (Å²) < 4.78 is 56.8. The summed E-state index contributed by atoms with van der Waals surface area (Å²) in [5, 5.41) is 4.65. The van der Waals surface area contributed by atoms with Crippen LogP contribution in [0.2, 0.25) is 0 Å². The Bertz CT molecular complexity index is 990. The Kier molecular flexibility index (Phi) is 4.33. The number of carbonyl (C=O) groups excluding carboxylic acids is 2. The molecular weight excluding hydrogens is 361 g/mol. The number of fused-ring (bicyclic) bond motifs is 1. The zero-order chi connectivity index (χ0) is 21.5. The molecule has 2 aromatic rings. The quantitative estimate of drug-likeness (QED) is 0.855. The van der Waals surface area contributed by atoms with Crippen LogP contribution in [0.15, 0.2) is 30.5 Å². The van der Waals surface area contributed by atoms with Crippen molar-refractivity contribution in [2.45, 2.75) is 25.9 Å². The van der Waals surface area contributed by atoms with Gasteiger partial charge in [-0.15, -0.1) is 0 Å². The number of pyridine rings is 1. The molecule has 3 amide bonds. The minimum absolute atomic E-state index is 0.292. The van der Waals surface area contributed by atoms with Gasteiger partial charge in [0.2, 0.25) is 5.91 Å². The summed E-state index contributed by atoms with van der Waals surface area (Å²) in [6.45, 7) is -0.0767. The maximum absolute atomic E-state index is 13.9. The highest BCUT2D eigenvalue weighted by Gasteiger charge is 2.31. The smallest absolute Gasteiger partial charge is 0.322 e. The highest BCUT2D eigenvalue weighted by molar-refractivity contribution is 5.95. The molecule has 6 nitrogen and oxygen atoms in total. The molecule has 1 aromatic heterocycles. The topological polar surface area (TPSA) is 74.3 Å². The molecule has 0 bridgehead atoms. The van der Waals surface area contributed by atoms with Gasteiger partial charge in [0, 0.05) is 17.3 Å². The summed E-state index contributed by atoms with van der Waals surface area (Å²) >= 11 is 0. The Morgan fingerprint density at radius 3 is 2.81 bits per heavy atom. The van der Waals surface area contributed by atoms with Gasteiger partial charge >= 0.3 is 6.03 Å². The normalized spacial score (nSPS) is 18.8. The zero-order valence-electron chi connectivity index (χ0n) is 16.4. The van der Waals surface area contributed by atoms with Gasteiger partial charge in [-0.3, -0.25) is 9.78 Å². The zero-order valence-corrected chi connectivity index (χ0v) is 14.4. The van der Waals surface area contributed by atoms with E-state index in [1.54, 1.807) is 0 Å². The second kappa shape index (κ2) is 7.26. The number of hydrogen-bond donors (Lipinski definition) is 2. The summed E-state index contributed by atoms with van der Waals surface area (Å²) in [4.78, 5) is 29.2. The first-order valence-electron chi connectivity index (χ1n) is 9.04. The average Bonchev–Trinajstić information content (AvgIpc) is 2.62. The molecule has 0 spiro atoms. The van der Waals surface area contributed by atoms with Gasteiger partial charge < -0.3 is 15.5 Å². The largest absolute Gasteiger partial charge is 0.346 e. The number of rotatable bonds is 4. The monoisotopic (exact) mass is 380 g/mol. The minimum atomic E-state index is -2.86. The summed E-state index contributed by atoms with van der Waals surface area (Å²) in [6.07, 6.45) is 0.765. The lowest BCUT2D eigenvalue weighted by atomic mass is 10.0. The standard InChI is InChI=1S/C18H17F3N4O2/c1-9(17-14(21)6-12(20)7-22-17)23-16(26)8-25-10(2)13-5-11(19)3-4-15(13)24-18(25)27/h3-7,9-10H,8H2,1-2H3,(H,23,26)(H,24,27)/t9-,10+/m0/s1/i8D2. The molecular formula is C18H17F3N4O2. The summed E-state index contributed by atoms with van der Waals surface area (Å²) in [6, 6.07) is 1.26. The number of urea groups is 1. The number of halogens is 3. The fourth-order valence-corrected chi connectivity index (χ4v) is 2.78. The Morgan fingerprint density at radius 2 is 2.11 bits per heavy atom. The molecule has 0 unspecified atom stereocenters. The van der Waals surface area contributed by atoms with Gasteiger partial charge in [-0.25, -0.2) is 18.0 Å². The first-order chi connectivity index (χ1) is 13.5. The van der Waals surface area contributed by atoms with Crippen molar-refractivity contribution in [1.29, 1.82) is 0 Å². The van der Waals surface area contributed by atoms with Crippen LogP contribution in [-0.4, -0.2) is 28.3 Å². The number of carbonyl (C=O) groups is 2. The van der Waals surface area contributed by atoms with Crippen LogP contribution in [0.25, 0.3) is 0 Å². The van der Waals surface area contributed by atoms with E-state index in [9.17, 15) is 22.8 Å². The number of amides is 3.